The van der Waals surface area contributed by atoms with E-state index >= 15 is 0 Å². The van der Waals surface area contributed by atoms with Crippen LogP contribution in [-0.4, -0.2) is 43.7 Å². The Hall–Kier alpha value is -0.420. The van der Waals surface area contributed by atoms with E-state index in [0.29, 0.717) is 16.5 Å². The zero-order chi connectivity index (χ0) is 13.8. The van der Waals surface area contributed by atoms with Crippen molar-refractivity contribution in [1.29, 1.82) is 0 Å². The minimum Gasteiger partial charge on any atom is -0.338 e. The normalized spacial score (nSPS) is 17.9. The van der Waals surface area contributed by atoms with Crippen LogP contribution in [0.5, 0.6) is 0 Å². The summed E-state index contributed by atoms with van der Waals surface area (Å²) in [6, 6.07) is 5.64. The lowest BCUT2D eigenvalue weighted by atomic mass is 10.1. The minimum atomic E-state index is 0. The van der Waals surface area contributed by atoms with Gasteiger partial charge in [-0.25, -0.2) is 0 Å². The van der Waals surface area contributed by atoms with Gasteiger partial charge in [-0.1, -0.05) is 11.6 Å². The molecule has 0 saturated carbocycles. The first kappa shape index (κ1) is 17.6. The largest absolute Gasteiger partial charge is 0.338 e. The molecule has 0 aromatic heterocycles. The fourth-order valence-corrected chi connectivity index (χ4v) is 3.08. The molecule has 1 N–H and O–H groups in total. The van der Waals surface area contributed by atoms with Crippen LogP contribution in [0.15, 0.2) is 23.1 Å². The third-order valence-electron chi connectivity index (χ3n) is 3.47. The van der Waals surface area contributed by atoms with Crippen molar-refractivity contribution in [3.05, 3.63) is 28.8 Å². The summed E-state index contributed by atoms with van der Waals surface area (Å²) in [4.78, 5) is 15.5. The molecule has 1 fully saturated rings. The van der Waals surface area contributed by atoms with Crippen molar-refractivity contribution in [2.45, 2.75) is 11.3 Å². The van der Waals surface area contributed by atoms with E-state index in [1.165, 1.54) is 0 Å². The molecule has 1 heterocycles. The summed E-state index contributed by atoms with van der Waals surface area (Å²) in [5, 5.41) is 3.71. The Kier molecular flexibility index (Phi) is 7.17. The first-order valence-corrected chi connectivity index (χ1v) is 8.03. The van der Waals surface area contributed by atoms with Crippen LogP contribution in [0.3, 0.4) is 0 Å². The number of thioether (sulfide) groups is 1. The number of nitrogens with zero attached hydrogens (tertiary/aromatic N) is 1. The smallest absolute Gasteiger partial charge is 0.255 e. The predicted octanol–water partition coefficient (Wildman–Crippen LogP) is 3.17. The Morgan fingerprint density at radius 3 is 2.95 bits per heavy atom. The molecule has 20 heavy (non-hydrogen) atoms. The van der Waals surface area contributed by atoms with E-state index in [4.69, 9.17) is 11.6 Å². The van der Waals surface area contributed by atoms with Crippen molar-refractivity contribution in [3.8, 4) is 0 Å². The average molecular weight is 335 g/mol. The SMILES string of the molecule is CNCC1CCN(C(=O)c2cc(SC)ccc2Cl)C1.Cl. The minimum absolute atomic E-state index is 0. The van der Waals surface area contributed by atoms with Crippen LogP contribution in [0.2, 0.25) is 5.02 Å². The molecule has 0 radical (unpaired) electrons. The molecule has 1 amide bonds. The van der Waals surface area contributed by atoms with E-state index in [0.717, 1.165) is 31.0 Å². The van der Waals surface area contributed by atoms with Crippen LogP contribution in [0.1, 0.15) is 16.8 Å². The van der Waals surface area contributed by atoms with Gasteiger partial charge in [0.2, 0.25) is 0 Å². The summed E-state index contributed by atoms with van der Waals surface area (Å²) in [6.07, 6.45) is 3.06. The highest BCUT2D eigenvalue weighted by Crippen LogP contribution is 2.26. The summed E-state index contributed by atoms with van der Waals surface area (Å²) in [5.41, 5.74) is 0.624. The molecule has 0 bridgehead atoms. The molecular formula is C14H20Cl2N2OS. The number of hydrogen-bond acceptors (Lipinski definition) is 3. The summed E-state index contributed by atoms with van der Waals surface area (Å²) < 4.78 is 0. The molecule has 1 aliphatic heterocycles. The van der Waals surface area contributed by atoms with Crippen molar-refractivity contribution < 1.29 is 4.79 Å². The Morgan fingerprint density at radius 2 is 2.30 bits per heavy atom. The molecule has 1 saturated heterocycles. The lowest BCUT2D eigenvalue weighted by Gasteiger charge is -2.17. The summed E-state index contributed by atoms with van der Waals surface area (Å²) in [6.45, 7) is 2.60. The van der Waals surface area contributed by atoms with Gasteiger partial charge in [0.15, 0.2) is 0 Å². The van der Waals surface area contributed by atoms with Gasteiger partial charge in [0.05, 0.1) is 10.6 Å². The van der Waals surface area contributed by atoms with Gasteiger partial charge in [-0.05, 0) is 50.4 Å². The van der Waals surface area contributed by atoms with Gasteiger partial charge in [0.1, 0.15) is 0 Å². The maximum absolute atomic E-state index is 12.5. The quantitative estimate of drug-likeness (QED) is 0.858. The zero-order valence-corrected chi connectivity index (χ0v) is 14.1. The van der Waals surface area contributed by atoms with E-state index in [1.54, 1.807) is 11.8 Å². The first-order valence-electron chi connectivity index (χ1n) is 6.43. The second kappa shape index (κ2) is 8.13. The molecule has 6 heteroatoms. The molecule has 1 aromatic rings. The summed E-state index contributed by atoms with van der Waals surface area (Å²) in [5.74, 6) is 0.607. The van der Waals surface area contributed by atoms with Gasteiger partial charge < -0.3 is 10.2 Å². The van der Waals surface area contributed by atoms with Crippen molar-refractivity contribution >= 4 is 41.7 Å². The fourth-order valence-electron chi connectivity index (χ4n) is 2.44. The van der Waals surface area contributed by atoms with Crippen LogP contribution in [0, 0.1) is 5.92 Å². The highest BCUT2D eigenvalue weighted by molar-refractivity contribution is 7.98. The van der Waals surface area contributed by atoms with Gasteiger partial charge in [0.25, 0.3) is 5.91 Å². The summed E-state index contributed by atoms with van der Waals surface area (Å²) >= 11 is 7.78. The number of carbonyl (C=O) groups excluding carboxylic acids is 1. The molecule has 0 spiro atoms. The molecule has 1 aliphatic rings. The zero-order valence-electron chi connectivity index (χ0n) is 11.7. The van der Waals surface area contributed by atoms with Crippen molar-refractivity contribution in [1.82, 2.24) is 10.2 Å². The monoisotopic (exact) mass is 334 g/mol. The Morgan fingerprint density at radius 1 is 1.55 bits per heavy atom. The summed E-state index contributed by atoms with van der Waals surface area (Å²) in [7, 11) is 1.95. The lowest BCUT2D eigenvalue weighted by Crippen LogP contribution is -2.30. The highest BCUT2D eigenvalue weighted by atomic mass is 35.5. The third-order valence-corrected chi connectivity index (χ3v) is 4.52. The Bertz CT molecular complexity index is 470. The number of amides is 1. The number of benzene rings is 1. The fraction of sp³-hybridized carbons (Fsp3) is 0.500. The molecular weight excluding hydrogens is 315 g/mol. The van der Waals surface area contributed by atoms with Gasteiger partial charge in [-0.3, -0.25) is 4.79 Å². The van der Waals surface area contributed by atoms with Gasteiger partial charge in [-0.15, -0.1) is 24.2 Å². The van der Waals surface area contributed by atoms with Crippen LogP contribution in [0.25, 0.3) is 0 Å². The number of carbonyl (C=O) groups is 1. The number of nitrogens with one attached hydrogen (secondary N) is 1. The molecule has 1 unspecified atom stereocenters. The maximum atomic E-state index is 12.5. The Balaban J connectivity index is 0.00000200. The van der Waals surface area contributed by atoms with E-state index in [1.807, 2.05) is 36.4 Å². The number of likely N-dealkylation sites (tertiary alicyclic amines) is 1. The predicted molar refractivity (Wildman–Crippen MR) is 88.4 cm³/mol. The molecule has 112 valence electrons. The standard InChI is InChI=1S/C14H19ClN2OS.ClH/c1-16-8-10-5-6-17(9-10)14(18)12-7-11(19-2)3-4-13(12)15;/h3-4,7,10,16H,5-6,8-9H2,1-2H3;1H. The van der Waals surface area contributed by atoms with Gasteiger partial charge in [0, 0.05) is 18.0 Å². The van der Waals surface area contributed by atoms with E-state index in [-0.39, 0.29) is 18.3 Å². The molecule has 2 rings (SSSR count). The van der Waals surface area contributed by atoms with Gasteiger partial charge in [-0.2, -0.15) is 0 Å². The number of hydrogen-bond donors (Lipinski definition) is 1. The molecule has 3 nitrogen and oxygen atoms in total. The van der Waals surface area contributed by atoms with Crippen molar-refractivity contribution in [2.75, 3.05) is 32.9 Å². The molecule has 1 aromatic carbocycles. The van der Waals surface area contributed by atoms with Crippen LogP contribution < -0.4 is 5.32 Å². The van der Waals surface area contributed by atoms with Crippen LogP contribution >= 0.6 is 35.8 Å². The average Bonchev–Trinajstić information content (AvgIpc) is 2.88. The second-order valence-corrected chi connectivity index (χ2v) is 6.10. The van der Waals surface area contributed by atoms with E-state index in [2.05, 4.69) is 5.32 Å². The highest BCUT2D eigenvalue weighted by Gasteiger charge is 2.27. The van der Waals surface area contributed by atoms with Crippen LogP contribution in [-0.2, 0) is 0 Å². The second-order valence-electron chi connectivity index (χ2n) is 4.81. The number of rotatable bonds is 4. The third kappa shape index (κ3) is 4.04. The molecule has 1 atom stereocenters. The van der Waals surface area contributed by atoms with Gasteiger partial charge >= 0.3 is 0 Å². The lowest BCUT2D eigenvalue weighted by molar-refractivity contribution is 0.0787. The molecule has 0 aliphatic carbocycles. The Labute approximate surface area is 135 Å². The van der Waals surface area contributed by atoms with Crippen LogP contribution in [0.4, 0.5) is 0 Å². The number of halogens is 2. The topological polar surface area (TPSA) is 32.3 Å². The first-order chi connectivity index (χ1) is 9.15. The maximum Gasteiger partial charge on any atom is 0.255 e. The van der Waals surface area contributed by atoms with E-state index in [9.17, 15) is 4.79 Å². The van der Waals surface area contributed by atoms with Crippen molar-refractivity contribution in [2.24, 2.45) is 5.92 Å². The van der Waals surface area contributed by atoms with Crippen molar-refractivity contribution in [3.63, 3.8) is 0 Å². The van der Waals surface area contributed by atoms with E-state index < -0.39 is 0 Å².